The Hall–Kier alpha value is -6.85. The van der Waals surface area contributed by atoms with Crippen molar-refractivity contribution in [1.82, 2.24) is 24.1 Å². The molecule has 5 heteroatoms. The van der Waals surface area contributed by atoms with Gasteiger partial charge in [0, 0.05) is 39.7 Å². The Morgan fingerprint density at radius 3 is 1.92 bits per heavy atom. The number of rotatable bonds is 6. The molecule has 52 heavy (non-hydrogen) atoms. The van der Waals surface area contributed by atoms with Crippen LogP contribution in [0.5, 0.6) is 0 Å². The molecular formula is C47H33N5. The molecule has 0 bridgehead atoms. The lowest BCUT2D eigenvalue weighted by Crippen LogP contribution is -1.99. The number of imidazole rings is 2. The molecule has 0 saturated heterocycles. The second-order valence-electron chi connectivity index (χ2n) is 13.1. The van der Waals surface area contributed by atoms with Crippen molar-refractivity contribution in [3.63, 3.8) is 0 Å². The van der Waals surface area contributed by atoms with Gasteiger partial charge in [0.25, 0.3) is 0 Å². The molecule has 0 radical (unpaired) electrons. The quantitative estimate of drug-likeness (QED) is 0.166. The van der Waals surface area contributed by atoms with Crippen LogP contribution in [0.25, 0.3) is 88.9 Å². The van der Waals surface area contributed by atoms with E-state index in [1.54, 1.807) is 0 Å². The lowest BCUT2D eigenvalue weighted by Gasteiger charge is -2.13. The molecule has 0 saturated carbocycles. The minimum Gasteiger partial charge on any atom is -0.296 e. The van der Waals surface area contributed by atoms with Crippen molar-refractivity contribution in [2.45, 2.75) is 13.3 Å². The number of fused-ring (bicyclic) bond motifs is 6. The summed E-state index contributed by atoms with van der Waals surface area (Å²) in [7, 11) is 0. The van der Waals surface area contributed by atoms with E-state index in [0.717, 1.165) is 101 Å². The first-order chi connectivity index (χ1) is 25.7. The maximum atomic E-state index is 5.45. The number of pyridine rings is 1. The molecule has 0 N–H and O–H groups in total. The van der Waals surface area contributed by atoms with Gasteiger partial charge in [0.1, 0.15) is 11.6 Å². The molecule has 0 aliphatic carbocycles. The lowest BCUT2D eigenvalue weighted by molar-refractivity contribution is 0.908. The van der Waals surface area contributed by atoms with Gasteiger partial charge in [-0.25, -0.2) is 15.0 Å². The summed E-state index contributed by atoms with van der Waals surface area (Å²) < 4.78 is 4.54. The molecule has 3 aromatic heterocycles. The van der Waals surface area contributed by atoms with Crippen LogP contribution < -0.4 is 0 Å². The fraction of sp³-hybridized carbons (Fsp3) is 0.0426. The van der Waals surface area contributed by atoms with Gasteiger partial charge in [-0.15, -0.1) is 0 Å². The number of benzene rings is 7. The molecule has 5 nitrogen and oxygen atoms in total. The molecule has 7 aromatic carbocycles. The van der Waals surface area contributed by atoms with Crippen molar-refractivity contribution in [2.75, 3.05) is 0 Å². The lowest BCUT2D eigenvalue weighted by atomic mass is 9.96. The molecule has 246 valence electrons. The minimum absolute atomic E-state index is 0.856. The largest absolute Gasteiger partial charge is 0.296 e. The van der Waals surface area contributed by atoms with Crippen LogP contribution in [0.1, 0.15) is 12.7 Å². The van der Waals surface area contributed by atoms with Crippen molar-refractivity contribution in [1.29, 1.82) is 0 Å². The van der Waals surface area contributed by atoms with E-state index in [9.17, 15) is 0 Å². The van der Waals surface area contributed by atoms with Crippen molar-refractivity contribution < 1.29 is 0 Å². The molecule has 0 atom stereocenters. The summed E-state index contributed by atoms with van der Waals surface area (Å²) >= 11 is 0. The summed E-state index contributed by atoms with van der Waals surface area (Å²) in [6.07, 6.45) is 0.856. The molecule has 0 unspecified atom stereocenters. The summed E-state index contributed by atoms with van der Waals surface area (Å²) in [4.78, 5) is 15.7. The first-order valence-electron chi connectivity index (χ1n) is 17.8. The highest BCUT2D eigenvalue weighted by molar-refractivity contribution is 6.20. The first kappa shape index (κ1) is 30.0. The highest BCUT2D eigenvalue weighted by atomic mass is 15.1. The molecule has 10 rings (SSSR count). The molecule has 3 heterocycles. The Morgan fingerprint density at radius 1 is 0.442 bits per heavy atom. The highest BCUT2D eigenvalue weighted by Gasteiger charge is 2.21. The van der Waals surface area contributed by atoms with Crippen LogP contribution in [-0.4, -0.2) is 24.1 Å². The Kier molecular flexibility index (Phi) is 7.03. The number of nitrogens with zero attached hydrogens (tertiary/aromatic N) is 5. The summed E-state index contributed by atoms with van der Waals surface area (Å²) in [5.74, 6) is 1.96. The maximum Gasteiger partial charge on any atom is 0.145 e. The third-order valence-corrected chi connectivity index (χ3v) is 10.1. The predicted molar refractivity (Wildman–Crippen MR) is 214 cm³/mol. The fourth-order valence-corrected chi connectivity index (χ4v) is 7.66. The average molecular weight is 668 g/mol. The number of hydrogen-bond donors (Lipinski definition) is 0. The highest BCUT2D eigenvalue weighted by Crippen LogP contribution is 2.40. The van der Waals surface area contributed by atoms with Crippen molar-refractivity contribution in [3.8, 4) is 45.1 Å². The number of aryl methyl sites for hydroxylation is 1. The zero-order chi connectivity index (χ0) is 34.6. The van der Waals surface area contributed by atoms with Crippen LogP contribution in [0.3, 0.4) is 0 Å². The van der Waals surface area contributed by atoms with Gasteiger partial charge in [0.2, 0.25) is 0 Å². The van der Waals surface area contributed by atoms with Crippen LogP contribution in [0.15, 0.2) is 170 Å². The Balaban J connectivity index is 1.17. The first-order valence-corrected chi connectivity index (χ1v) is 17.8. The summed E-state index contributed by atoms with van der Waals surface area (Å²) in [6, 6.07) is 59.7. The van der Waals surface area contributed by atoms with Gasteiger partial charge in [0.05, 0.1) is 33.3 Å². The Morgan fingerprint density at radius 2 is 1.12 bits per heavy atom. The van der Waals surface area contributed by atoms with E-state index in [1.807, 2.05) is 12.1 Å². The Bertz CT molecular complexity index is 2920. The van der Waals surface area contributed by atoms with E-state index in [-0.39, 0.29) is 0 Å². The zero-order valence-corrected chi connectivity index (χ0v) is 28.6. The van der Waals surface area contributed by atoms with Crippen LogP contribution in [-0.2, 0) is 6.42 Å². The van der Waals surface area contributed by atoms with Crippen molar-refractivity contribution in [2.24, 2.45) is 0 Å². The van der Waals surface area contributed by atoms with E-state index in [0.29, 0.717) is 0 Å². The van der Waals surface area contributed by atoms with Gasteiger partial charge in [-0.3, -0.25) is 9.13 Å². The van der Waals surface area contributed by atoms with Gasteiger partial charge >= 0.3 is 0 Å². The molecule has 0 fully saturated rings. The topological polar surface area (TPSA) is 48.5 Å². The van der Waals surface area contributed by atoms with Crippen molar-refractivity contribution in [3.05, 3.63) is 176 Å². The number of hydrogen-bond acceptors (Lipinski definition) is 3. The standard InChI is InChI=1S/C47H33N5/c1-2-43-48-40-22-11-12-23-41(40)51(43)36-26-24-31(25-27-36)33-16-13-17-34(30-33)45-44-38(37-20-9-10-21-39(37)49-45)28-29-42-46(44)50-47(32-14-5-3-6-15-32)52(42)35-18-7-4-8-19-35/h3-30H,2H2,1H3. The van der Waals surface area contributed by atoms with E-state index in [4.69, 9.17) is 15.0 Å². The van der Waals surface area contributed by atoms with Gasteiger partial charge in [-0.1, -0.05) is 122 Å². The molecule has 0 amide bonds. The maximum absolute atomic E-state index is 5.45. The van der Waals surface area contributed by atoms with Gasteiger partial charge in [-0.05, 0) is 71.1 Å². The average Bonchev–Trinajstić information content (AvgIpc) is 3.80. The van der Waals surface area contributed by atoms with Crippen LogP contribution in [0.4, 0.5) is 0 Å². The van der Waals surface area contributed by atoms with Crippen LogP contribution >= 0.6 is 0 Å². The normalized spacial score (nSPS) is 11.6. The monoisotopic (exact) mass is 667 g/mol. The molecular weight excluding hydrogens is 635 g/mol. The SMILES string of the molecule is CCc1nc2ccccc2n1-c1ccc(-c2cccc(-c3nc4ccccc4c4ccc5c(nc(-c6ccccc6)n5-c5ccccc5)c34)c2)cc1. The summed E-state index contributed by atoms with van der Waals surface area (Å²) in [6.45, 7) is 2.16. The molecule has 10 aromatic rings. The summed E-state index contributed by atoms with van der Waals surface area (Å²) in [5.41, 5.74) is 12.6. The minimum atomic E-state index is 0.856. The number of para-hydroxylation sites is 4. The smallest absolute Gasteiger partial charge is 0.145 e. The second-order valence-corrected chi connectivity index (χ2v) is 13.1. The second kappa shape index (κ2) is 12.2. The van der Waals surface area contributed by atoms with E-state index in [1.165, 1.54) is 0 Å². The van der Waals surface area contributed by atoms with E-state index >= 15 is 0 Å². The molecule has 0 aliphatic heterocycles. The molecule has 0 aliphatic rings. The Labute approximate surface area is 301 Å². The fourth-order valence-electron chi connectivity index (χ4n) is 7.66. The summed E-state index contributed by atoms with van der Waals surface area (Å²) in [5, 5.41) is 3.30. The third kappa shape index (κ3) is 4.82. The van der Waals surface area contributed by atoms with E-state index < -0.39 is 0 Å². The van der Waals surface area contributed by atoms with Gasteiger partial charge in [-0.2, -0.15) is 0 Å². The molecule has 0 spiro atoms. The zero-order valence-electron chi connectivity index (χ0n) is 28.6. The van der Waals surface area contributed by atoms with E-state index in [2.05, 4.69) is 174 Å². The predicted octanol–water partition coefficient (Wildman–Crippen LogP) is 11.6. The van der Waals surface area contributed by atoms with Crippen molar-refractivity contribution >= 4 is 43.7 Å². The van der Waals surface area contributed by atoms with Crippen LogP contribution in [0, 0.1) is 0 Å². The van der Waals surface area contributed by atoms with Crippen LogP contribution in [0.2, 0.25) is 0 Å². The van der Waals surface area contributed by atoms with Gasteiger partial charge in [0.15, 0.2) is 0 Å². The number of aromatic nitrogens is 5. The van der Waals surface area contributed by atoms with Gasteiger partial charge < -0.3 is 0 Å². The third-order valence-electron chi connectivity index (χ3n) is 10.1.